The van der Waals surface area contributed by atoms with Crippen LogP contribution in [-0.4, -0.2) is 50.1 Å². The summed E-state index contributed by atoms with van der Waals surface area (Å²) in [5, 5.41) is 6.01. The molecule has 0 saturated carbocycles. The van der Waals surface area contributed by atoms with Crippen LogP contribution in [0.25, 0.3) is 0 Å². The van der Waals surface area contributed by atoms with E-state index in [1.807, 2.05) is 21.0 Å². The minimum Gasteiger partial charge on any atom is -0.344 e. The van der Waals surface area contributed by atoms with Gasteiger partial charge in [0.25, 0.3) is 0 Å². The summed E-state index contributed by atoms with van der Waals surface area (Å²) in [7, 11) is 4.06. The van der Waals surface area contributed by atoms with Gasteiger partial charge in [-0.15, -0.1) is 6.42 Å². The quantitative estimate of drug-likeness (QED) is 0.628. The van der Waals surface area contributed by atoms with Crippen molar-refractivity contribution in [3.63, 3.8) is 0 Å². The largest absolute Gasteiger partial charge is 0.344 e. The maximum atomic E-state index is 11.7. The van der Waals surface area contributed by atoms with Gasteiger partial charge < -0.3 is 15.5 Å². The molecule has 0 spiro atoms. The first-order chi connectivity index (χ1) is 7.88. The predicted octanol–water partition coefficient (Wildman–Crippen LogP) is 0.300. The standard InChI is InChI=1S/C13H25N3O/c1-7-8-14-13(17)11(4)15-12(10(2)3)9-16(5)6/h1,10-12,15H,8-9H2,2-6H3,(H,14,17). The molecule has 0 heterocycles. The second kappa shape index (κ2) is 8.10. The minimum absolute atomic E-state index is 0.0487. The molecule has 2 N–H and O–H groups in total. The summed E-state index contributed by atoms with van der Waals surface area (Å²) in [5.74, 6) is 2.82. The molecule has 0 aromatic rings. The van der Waals surface area contributed by atoms with Gasteiger partial charge in [-0.3, -0.25) is 4.79 Å². The van der Waals surface area contributed by atoms with Gasteiger partial charge in [0.05, 0.1) is 12.6 Å². The zero-order valence-electron chi connectivity index (χ0n) is 11.6. The van der Waals surface area contributed by atoms with Crippen molar-refractivity contribution < 1.29 is 4.79 Å². The molecule has 0 aromatic heterocycles. The Bertz CT molecular complexity index is 268. The van der Waals surface area contributed by atoms with Crippen LogP contribution >= 0.6 is 0 Å². The Morgan fingerprint density at radius 2 is 1.94 bits per heavy atom. The third-order valence-electron chi connectivity index (χ3n) is 2.59. The number of rotatable bonds is 7. The van der Waals surface area contributed by atoms with Crippen LogP contribution in [0.2, 0.25) is 0 Å². The second-order valence-electron chi connectivity index (χ2n) is 4.92. The normalized spacial score (nSPS) is 14.5. The molecule has 17 heavy (non-hydrogen) atoms. The van der Waals surface area contributed by atoms with Crippen LogP contribution in [-0.2, 0) is 4.79 Å². The molecule has 4 heteroatoms. The van der Waals surface area contributed by atoms with E-state index in [1.54, 1.807) is 0 Å². The fraction of sp³-hybridized carbons (Fsp3) is 0.769. The molecular weight excluding hydrogens is 214 g/mol. The van der Waals surface area contributed by atoms with Crippen LogP contribution in [0, 0.1) is 18.3 Å². The fourth-order valence-electron chi connectivity index (χ4n) is 1.54. The Morgan fingerprint density at radius 3 is 2.35 bits per heavy atom. The SMILES string of the molecule is C#CCNC(=O)C(C)NC(CN(C)C)C(C)C. The lowest BCUT2D eigenvalue weighted by molar-refractivity contribution is -0.122. The summed E-state index contributed by atoms with van der Waals surface area (Å²) in [6.45, 7) is 7.34. The second-order valence-corrected chi connectivity index (χ2v) is 4.92. The van der Waals surface area contributed by atoms with Crippen LogP contribution in [0.4, 0.5) is 0 Å². The molecule has 0 fully saturated rings. The molecule has 0 aromatic carbocycles. The van der Waals surface area contributed by atoms with Gasteiger partial charge in [0.15, 0.2) is 0 Å². The minimum atomic E-state index is -0.226. The molecule has 0 aliphatic carbocycles. The van der Waals surface area contributed by atoms with Crippen molar-refractivity contribution in [1.29, 1.82) is 0 Å². The predicted molar refractivity (Wildman–Crippen MR) is 71.6 cm³/mol. The highest BCUT2D eigenvalue weighted by atomic mass is 16.2. The highest BCUT2D eigenvalue weighted by molar-refractivity contribution is 5.81. The number of hydrogen-bond acceptors (Lipinski definition) is 3. The number of nitrogens with one attached hydrogen (secondary N) is 2. The fourth-order valence-corrected chi connectivity index (χ4v) is 1.54. The zero-order valence-corrected chi connectivity index (χ0v) is 11.6. The van der Waals surface area contributed by atoms with E-state index in [2.05, 4.69) is 35.3 Å². The lowest BCUT2D eigenvalue weighted by Gasteiger charge is -2.28. The van der Waals surface area contributed by atoms with Gasteiger partial charge in [-0.25, -0.2) is 0 Å². The monoisotopic (exact) mass is 239 g/mol. The third kappa shape index (κ3) is 6.98. The van der Waals surface area contributed by atoms with Gasteiger partial charge in [-0.05, 0) is 26.9 Å². The number of nitrogens with zero attached hydrogens (tertiary/aromatic N) is 1. The average Bonchev–Trinajstić information content (AvgIpc) is 2.23. The Kier molecular flexibility index (Phi) is 7.60. The van der Waals surface area contributed by atoms with E-state index in [0.717, 1.165) is 6.54 Å². The lowest BCUT2D eigenvalue weighted by atomic mass is 10.0. The van der Waals surface area contributed by atoms with E-state index < -0.39 is 0 Å². The molecule has 0 aliphatic heterocycles. The molecule has 0 bridgehead atoms. The first kappa shape index (κ1) is 16.0. The van der Waals surface area contributed by atoms with Gasteiger partial charge in [0.1, 0.15) is 0 Å². The molecule has 4 nitrogen and oxygen atoms in total. The smallest absolute Gasteiger partial charge is 0.237 e. The summed E-state index contributed by atoms with van der Waals surface area (Å²) in [4.78, 5) is 13.8. The summed E-state index contributed by atoms with van der Waals surface area (Å²) >= 11 is 0. The number of hydrogen-bond donors (Lipinski definition) is 2. The molecule has 2 atom stereocenters. The van der Waals surface area contributed by atoms with E-state index >= 15 is 0 Å². The maximum absolute atomic E-state index is 11.7. The topological polar surface area (TPSA) is 44.4 Å². The van der Waals surface area contributed by atoms with Crippen molar-refractivity contribution in [3.05, 3.63) is 0 Å². The van der Waals surface area contributed by atoms with Crippen LogP contribution in [0.1, 0.15) is 20.8 Å². The number of carbonyl (C=O) groups is 1. The van der Waals surface area contributed by atoms with Crippen LogP contribution in [0.3, 0.4) is 0 Å². The van der Waals surface area contributed by atoms with Crippen molar-refractivity contribution in [1.82, 2.24) is 15.5 Å². The molecule has 1 amide bonds. The van der Waals surface area contributed by atoms with Crippen LogP contribution < -0.4 is 10.6 Å². The van der Waals surface area contributed by atoms with E-state index in [-0.39, 0.29) is 24.5 Å². The number of carbonyl (C=O) groups excluding carboxylic acids is 1. The summed E-state index contributed by atoms with van der Waals surface area (Å²) < 4.78 is 0. The molecule has 2 unspecified atom stereocenters. The van der Waals surface area contributed by atoms with Gasteiger partial charge in [0.2, 0.25) is 5.91 Å². The molecule has 0 saturated heterocycles. The molecule has 98 valence electrons. The molecular formula is C13H25N3O. The Morgan fingerprint density at radius 1 is 1.35 bits per heavy atom. The van der Waals surface area contributed by atoms with Gasteiger partial charge in [-0.2, -0.15) is 0 Å². The maximum Gasteiger partial charge on any atom is 0.237 e. The number of likely N-dealkylation sites (N-methyl/N-ethyl adjacent to an activating group) is 1. The summed E-state index contributed by atoms with van der Waals surface area (Å²) in [6.07, 6.45) is 5.10. The van der Waals surface area contributed by atoms with Crippen molar-refractivity contribution in [2.45, 2.75) is 32.9 Å². The van der Waals surface area contributed by atoms with Crippen LogP contribution in [0.15, 0.2) is 0 Å². The van der Waals surface area contributed by atoms with E-state index in [0.29, 0.717) is 5.92 Å². The van der Waals surface area contributed by atoms with Crippen molar-refractivity contribution in [2.24, 2.45) is 5.92 Å². The zero-order chi connectivity index (χ0) is 13.4. The molecule has 0 rings (SSSR count). The van der Waals surface area contributed by atoms with Crippen molar-refractivity contribution >= 4 is 5.91 Å². The first-order valence-corrected chi connectivity index (χ1v) is 6.00. The Balaban J connectivity index is 4.25. The number of amides is 1. The Labute approximate surface area is 105 Å². The van der Waals surface area contributed by atoms with Crippen molar-refractivity contribution in [2.75, 3.05) is 27.2 Å². The van der Waals surface area contributed by atoms with E-state index in [9.17, 15) is 4.79 Å². The van der Waals surface area contributed by atoms with Crippen LogP contribution in [0.5, 0.6) is 0 Å². The summed E-state index contributed by atoms with van der Waals surface area (Å²) in [6, 6.07) is 0.0623. The summed E-state index contributed by atoms with van der Waals surface area (Å²) in [5.41, 5.74) is 0. The van der Waals surface area contributed by atoms with E-state index in [4.69, 9.17) is 6.42 Å². The molecule has 0 radical (unpaired) electrons. The average molecular weight is 239 g/mol. The van der Waals surface area contributed by atoms with Gasteiger partial charge in [-0.1, -0.05) is 19.8 Å². The van der Waals surface area contributed by atoms with Crippen molar-refractivity contribution in [3.8, 4) is 12.3 Å². The lowest BCUT2D eigenvalue weighted by Crippen LogP contribution is -2.51. The van der Waals surface area contributed by atoms with Gasteiger partial charge in [0, 0.05) is 12.6 Å². The van der Waals surface area contributed by atoms with E-state index in [1.165, 1.54) is 0 Å². The third-order valence-corrected chi connectivity index (χ3v) is 2.59. The molecule has 0 aliphatic rings. The number of terminal acetylenes is 1. The van der Waals surface area contributed by atoms with Gasteiger partial charge >= 0.3 is 0 Å². The highest BCUT2D eigenvalue weighted by Gasteiger charge is 2.20. The highest BCUT2D eigenvalue weighted by Crippen LogP contribution is 2.04. The Hall–Kier alpha value is -1.05. The first-order valence-electron chi connectivity index (χ1n) is 6.00.